The van der Waals surface area contributed by atoms with Gasteiger partial charge < -0.3 is 19.4 Å². The summed E-state index contributed by atoms with van der Waals surface area (Å²) in [5.74, 6) is 0.322. The first-order chi connectivity index (χ1) is 18.9. The minimum atomic E-state index is -0.944. The number of halogens is 1. The minimum Gasteiger partial charge on any atom is -0.472 e. The van der Waals surface area contributed by atoms with Gasteiger partial charge in [-0.25, -0.2) is 9.18 Å². The van der Waals surface area contributed by atoms with Crippen molar-refractivity contribution < 1.29 is 23.1 Å². The molecule has 2 atom stereocenters. The Labute approximate surface area is 224 Å². The van der Waals surface area contributed by atoms with E-state index in [4.69, 9.17) is 9.15 Å². The number of ether oxygens (including phenoxy) is 1. The number of hydrogen-bond donors (Lipinski definition) is 1. The number of nitrogens with one attached hydrogen (secondary N) is 1. The van der Waals surface area contributed by atoms with Gasteiger partial charge in [0.2, 0.25) is 0 Å². The van der Waals surface area contributed by atoms with E-state index in [2.05, 4.69) is 5.32 Å². The molecule has 8 heteroatoms. The molecule has 0 aliphatic carbocycles. The van der Waals surface area contributed by atoms with Crippen LogP contribution in [0.15, 0.2) is 83.7 Å². The zero-order valence-electron chi connectivity index (χ0n) is 21.3. The molecule has 3 amide bonds. The highest BCUT2D eigenvalue weighted by molar-refractivity contribution is 5.99. The van der Waals surface area contributed by atoms with E-state index in [1.165, 1.54) is 6.07 Å². The first kappa shape index (κ1) is 23.5. The summed E-state index contributed by atoms with van der Waals surface area (Å²) in [4.78, 5) is 30.3. The first-order valence-electron chi connectivity index (χ1n) is 13.0. The predicted octanol–water partition coefficient (Wildman–Crippen LogP) is 6.05. The molecule has 0 radical (unpaired) electrons. The summed E-state index contributed by atoms with van der Waals surface area (Å²) in [5.41, 5.74) is 4.46. The number of amides is 3. The summed E-state index contributed by atoms with van der Waals surface area (Å²) < 4.78 is 25.9. The number of hydrogen-bond acceptors (Lipinski definition) is 4. The maximum atomic E-state index is 14.2. The Hall–Kier alpha value is -4.59. The second-order valence-corrected chi connectivity index (χ2v) is 10.5. The van der Waals surface area contributed by atoms with Crippen molar-refractivity contribution in [1.29, 1.82) is 0 Å². The highest BCUT2D eigenvalue weighted by Crippen LogP contribution is 2.46. The van der Waals surface area contributed by atoms with Crippen molar-refractivity contribution in [3.63, 3.8) is 0 Å². The number of urea groups is 1. The molecule has 4 heterocycles. The topological polar surface area (TPSA) is 75.0 Å². The zero-order chi connectivity index (χ0) is 26.7. The quantitative estimate of drug-likeness (QED) is 0.355. The highest BCUT2D eigenvalue weighted by Gasteiger charge is 2.50. The number of furan rings is 1. The largest absolute Gasteiger partial charge is 0.472 e. The number of carbonyl (C=O) groups excluding carboxylic acids is 2. The molecule has 1 fully saturated rings. The Morgan fingerprint density at radius 3 is 2.79 bits per heavy atom. The van der Waals surface area contributed by atoms with Crippen LogP contribution < -0.4 is 15.0 Å². The van der Waals surface area contributed by atoms with Crippen LogP contribution in [0.2, 0.25) is 0 Å². The Morgan fingerprint density at radius 1 is 1.08 bits per heavy atom. The van der Waals surface area contributed by atoms with Crippen molar-refractivity contribution in [1.82, 2.24) is 10.2 Å². The molecule has 7 nitrogen and oxygen atoms in total. The second kappa shape index (κ2) is 8.73. The lowest BCUT2D eigenvalue weighted by Crippen LogP contribution is -2.65. The van der Waals surface area contributed by atoms with E-state index >= 15 is 0 Å². The van der Waals surface area contributed by atoms with Gasteiger partial charge in [-0.15, -0.1) is 0 Å². The van der Waals surface area contributed by atoms with E-state index < -0.39 is 5.72 Å². The van der Waals surface area contributed by atoms with Crippen molar-refractivity contribution in [2.24, 2.45) is 0 Å². The van der Waals surface area contributed by atoms with E-state index in [0.717, 1.165) is 22.3 Å². The lowest BCUT2D eigenvalue weighted by molar-refractivity contribution is 0.0378. The summed E-state index contributed by atoms with van der Waals surface area (Å²) in [6.07, 6.45) is 4.32. The fourth-order valence-electron chi connectivity index (χ4n) is 6.07. The van der Waals surface area contributed by atoms with Crippen molar-refractivity contribution in [2.45, 2.75) is 38.1 Å². The van der Waals surface area contributed by atoms with Crippen LogP contribution in [-0.2, 0) is 13.0 Å². The summed E-state index contributed by atoms with van der Waals surface area (Å²) in [6, 6.07) is 19.4. The van der Waals surface area contributed by atoms with Gasteiger partial charge in [0.1, 0.15) is 11.6 Å². The Kier molecular flexibility index (Phi) is 5.26. The minimum absolute atomic E-state index is 0.158. The molecule has 1 saturated heterocycles. The van der Waals surface area contributed by atoms with Gasteiger partial charge in [0.25, 0.3) is 5.91 Å². The summed E-state index contributed by atoms with van der Waals surface area (Å²) in [5, 5.41) is 3.13. The van der Waals surface area contributed by atoms with Gasteiger partial charge >= 0.3 is 6.03 Å². The van der Waals surface area contributed by atoms with Gasteiger partial charge in [-0.2, -0.15) is 0 Å². The second-order valence-electron chi connectivity index (χ2n) is 10.5. The molecule has 0 saturated carbocycles. The molecule has 3 aromatic carbocycles. The van der Waals surface area contributed by atoms with Crippen LogP contribution in [0, 0.1) is 5.82 Å². The number of rotatable bonds is 3. The standard InChI is InChI=1S/C31H26FN3O4/c1-31-16-27(25-15-19(8-9-28(25)39-31)22-11-13-38-18-22)33-30(37)35(31)23-6-2-4-20(14-23)29(36)34-12-10-24-21(17-34)5-3-7-26(24)32/h2-9,11,13-15,18,27H,10,12,16-17H2,1H3,(H,33,37). The number of benzene rings is 3. The maximum Gasteiger partial charge on any atom is 0.325 e. The molecule has 2 unspecified atom stereocenters. The summed E-state index contributed by atoms with van der Waals surface area (Å²) in [7, 11) is 0. The molecule has 0 spiro atoms. The van der Waals surface area contributed by atoms with Gasteiger partial charge in [0, 0.05) is 36.2 Å². The number of fused-ring (bicyclic) bond motifs is 5. The normalized spacial score (nSPS) is 21.5. The predicted molar refractivity (Wildman–Crippen MR) is 143 cm³/mol. The van der Waals surface area contributed by atoms with Gasteiger partial charge in [0.15, 0.2) is 5.72 Å². The lowest BCUT2D eigenvalue weighted by atomic mass is 9.88. The van der Waals surface area contributed by atoms with Crippen LogP contribution in [0.25, 0.3) is 11.1 Å². The average molecular weight is 524 g/mol. The molecule has 2 bridgehead atoms. The van der Waals surface area contributed by atoms with Gasteiger partial charge in [-0.05, 0) is 72.5 Å². The average Bonchev–Trinajstić information content (AvgIpc) is 3.47. The fraction of sp³-hybridized carbons (Fsp3) is 0.226. The van der Waals surface area contributed by atoms with Crippen molar-refractivity contribution in [3.05, 3.63) is 107 Å². The van der Waals surface area contributed by atoms with Crippen LogP contribution in [0.4, 0.5) is 14.9 Å². The molecule has 3 aliphatic heterocycles. The van der Waals surface area contributed by atoms with Gasteiger partial charge in [-0.1, -0.05) is 24.3 Å². The molecule has 4 aromatic rings. The molecular weight excluding hydrogens is 497 g/mol. The Morgan fingerprint density at radius 2 is 1.95 bits per heavy atom. The van der Waals surface area contributed by atoms with Crippen molar-refractivity contribution >= 4 is 17.6 Å². The molecule has 1 N–H and O–H groups in total. The Bertz CT molecular complexity index is 1620. The molecule has 3 aliphatic rings. The smallest absolute Gasteiger partial charge is 0.325 e. The van der Waals surface area contributed by atoms with Crippen molar-refractivity contribution in [3.8, 4) is 16.9 Å². The Balaban J connectivity index is 1.17. The third-order valence-corrected chi connectivity index (χ3v) is 7.97. The highest BCUT2D eigenvalue weighted by atomic mass is 19.1. The zero-order valence-corrected chi connectivity index (χ0v) is 21.3. The van der Waals surface area contributed by atoms with E-state index in [0.29, 0.717) is 48.5 Å². The number of anilines is 1. The fourth-order valence-corrected chi connectivity index (χ4v) is 6.07. The van der Waals surface area contributed by atoms with Crippen LogP contribution >= 0.6 is 0 Å². The molecule has 196 valence electrons. The van der Waals surface area contributed by atoms with E-state index in [1.807, 2.05) is 43.3 Å². The van der Waals surface area contributed by atoms with Crippen LogP contribution in [0.5, 0.6) is 5.75 Å². The van der Waals surface area contributed by atoms with Crippen LogP contribution in [-0.4, -0.2) is 29.1 Å². The molecule has 1 aromatic heterocycles. The summed E-state index contributed by atoms with van der Waals surface area (Å²) >= 11 is 0. The van der Waals surface area contributed by atoms with Crippen molar-refractivity contribution in [2.75, 3.05) is 11.4 Å². The number of carbonyl (C=O) groups is 2. The van der Waals surface area contributed by atoms with E-state index in [1.54, 1.807) is 46.6 Å². The first-order valence-corrected chi connectivity index (χ1v) is 13.0. The lowest BCUT2D eigenvalue weighted by Gasteiger charge is -2.50. The molecular formula is C31H26FN3O4. The summed E-state index contributed by atoms with van der Waals surface area (Å²) in [6.45, 7) is 2.68. The third kappa shape index (κ3) is 3.86. The van der Waals surface area contributed by atoms with Gasteiger partial charge in [-0.3, -0.25) is 9.69 Å². The SMILES string of the molecule is CC12CC(NC(=O)N1c1cccc(C(=O)N3CCc4c(F)cccc4C3)c1)c1cc(-c3ccoc3)ccc1O2. The maximum absolute atomic E-state index is 14.2. The molecule has 39 heavy (non-hydrogen) atoms. The number of nitrogens with zero attached hydrogens (tertiary/aromatic N) is 2. The van der Waals surface area contributed by atoms with Gasteiger partial charge in [0.05, 0.1) is 24.3 Å². The van der Waals surface area contributed by atoms with E-state index in [9.17, 15) is 14.0 Å². The third-order valence-electron chi connectivity index (χ3n) is 7.97. The van der Waals surface area contributed by atoms with Crippen LogP contribution in [0.3, 0.4) is 0 Å². The van der Waals surface area contributed by atoms with E-state index in [-0.39, 0.29) is 23.8 Å². The van der Waals surface area contributed by atoms with Crippen LogP contribution in [0.1, 0.15) is 46.4 Å². The monoisotopic (exact) mass is 523 g/mol. The molecule has 7 rings (SSSR count).